The van der Waals surface area contributed by atoms with Gasteiger partial charge in [0.15, 0.2) is 0 Å². The Kier molecular flexibility index (Phi) is 5.01. The van der Waals surface area contributed by atoms with Gasteiger partial charge in [0.25, 0.3) is 0 Å². The number of thiazole rings is 1. The molecule has 3 aromatic rings. The second kappa shape index (κ2) is 7.56. The molecule has 0 bridgehead atoms. The van der Waals surface area contributed by atoms with Crippen LogP contribution in [0.5, 0.6) is 0 Å². The van der Waals surface area contributed by atoms with E-state index >= 15 is 0 Å². The van der Waals surface area contributed by atoms with Crippen LogP contribution in [0.3, 0.4) is 0 Å². The monoisotopic (exact) mass is 369 g/mol. The van der Waals surface area contributed by atoms with E-state index in [2.05, 4.69) is 16.7 Å². The maximum Gasteiger partial charge on any atom is 0.225 e. The van der Waals surface area contributed by atoms with Crippen molar-refractivity contribution in [2.75, 3.05) is 23.4 Å². The minimum atomic E-state index is 0.0496. The minimum Gasteiger partial charge on any atom is -0.325 e. The van der Waals surface area contributed by atoms with Gasteiger partial charge in [0.2, 0.25) is 5.91 Å². The summed E-state index contributed by atoms with van der Waals surface area (Å²) in [5, 5.41) is 7.42. The van der Waals surface area contributed by atoms with E-state index in [0.29, 0.717) is 6.42 Å². The third-order valence-corrected chi connectivity index (χ3v) is 6.36. The number of hydrogen-bond acceptors (Lipinski definition) is 5. The second-order valence-corrected chi connectivity index (χ2v) is 8.19. The molecule has 1 fully saturated rings. The fourth-order valence-corrected chi connectivity index (χ4v) is 4.90. The summed E-state index contributed by atoms with van der Waals surface area (Å²) in [6.07, 6.45) is 0.501. The van der Waals surface area contributed by atoms with Crippen LogP contribution >= 0.6 is 23.1 Å². The highest BCUT2D eigenvalue weighted by molar-refractivity contribution is 7.99. The van der Waals surface area contributed by atoms with Crippen LogP contribution in [0.4, 0.5) is 5.69 Å². The number of amides is 1. The standard InChI is InChI=1S/C19H19N3OS2/c23-18(11-13-12-24-10-9-20-13)21-15-6-2-1-5-14(15)19-22-16-7-3-4-8-17(16)25-19/h1-8,13,20H,9-12H2,(H,21,23). The van der Waals surface area contributed by atoms with E-state index in [9.17, 15) is 4.79 Å². The van der Waals surface area contributed by atoms with E-state index in [1.807, 2.05) is 54.2 Å². The molecule has 1 aromatic heterocycles. The maximum absolute atomic E-state index is 12.5. The van der Waals surface area contributed by atoms with Crippen LogP contribution in [-0.4, -0.2) is 35.0 Å². The van der Waals surface area contributed by atoms with E-state index in [-0.39, 0.29) is 11.9 Å². The summed E-state index contributed by atoms with van der Waals surface area (Å²) in [4.78, 5) is 17.2. The fraction of sp³-hybridized carbons (Fsp3) is 0.263. The van der Waals surface area contributed by atoms with Crippen molar-refractivity contribution in [3.63, 3.8) is 0 Å². The lowest BCUT2D eigenvalue weighted by atomic mass is 10.1. The topological polar surface area (TPSA) is 54.0 Å². The van der Waals surface area contributed by atoms with Crippen LogP contribution in [0.1, 0.15) is 6.42 Å². The number of thioether (sulfide) groups is 1. The van der Waals surface area contributed by atoms with Crippen molar-refractivity contribution >= 4 is 44.9 Å². The van der Waals surface area contributed by atoms with Gasteiger partial charge in [-0.25, -0.2) is 4.98 Å². The maximum atomic E-state index is 12.5. The lowest BCUT2D eigenvalue weighted by Gasteiger charge is -2.22. The van der Waals surface area contributed by atoms with Crippen LogP contribution in [0.15, 0.2) is 48.5 Å². The highest BCUT2D eigenvalue weighted by atomic mass is 32.2. The van der Waals surface area contributed by atoms with Gasteiger partial charge in [0, 0.05) is 36.1 Å². The third-order valence-electron chi connectivity index (χ3n) is 4.16. The van der Waals surface area contributed by atoms with Gasteiger partial charge < -0.3 is 10.6 Å². The molecule has 25 heavy (non-hydrogen) atoms. The predicted molar refractivity (Wildman–Crippen MR) is 107 cm³/mol. The molecule has 1 unspecified atom stereocenters. The average molecular weight is 370 g/mol. The van der Waals surface area contributed by atoms with Gasteiger partial charge in [-0.15, -0.1) is 11.3 Å². The van der Waals surface area contributed by atoms with Crippen LogP contribution in [0.25, 0.3) is 20.8 Å². The minimum absolute atomic E-state index is 0.0496. The molecule has 1 aliphatic heterocycles. The molecule has 2 N–H and O–H groups in total. The molecule has 128 valence electrons. The first-order valence-corrected chi connectivity index (χ1v) is 10.3. The molecule has 2 aromatic carbocycles. The summed E-state index contributed by atoms with van der Waals surface area (Å²) in [5.74, 6) is 2.17. The zero-order valence-corrected chi connectivity index (χ0v) is 15.3. The molecule has 1 amide bonds. The van der Waals surface area contributed by atoms with Crippen molar-refractivity contribution in [3.05, 3.63) is 48.5 Å². The van der Waals surface area contributed by atoms with Crippen molar-refractivity contribution < 1.29 is 4.79 Å². The zero-order chi connectivity index (χ0) is 17.1. The smallest absolute Gasteiger partial charge is 0.225 e. The molecule has 0 aliphatic carbocycles. The van der Waals surface area contributed by atoms with Crippen molar-refractivity contribution in [2.45, 2.75) is 12.5 Å². The predicted octanol–water partition coefficient (Wildman–Crippen LogP) is 4.00. The second-order valence-electron chi connectivity index (χ2n) is 6.01. The highest BCUT2D eigenvalue weighted by Gasteiger charge is 2.18. The number of nitrogens with one attached hydrogen (secondary N) is 2. The molecule has 2 heterocycles. The van der Waals surface area contributed by atoms with Crippen molar-refractivity contribution in [2.24, 2.45) is 0 Å². The van der Waals surface area contributed by atoms with E-state index in [1.54, 1.807) is 11.3 Å². The van der Waals surface area contributed by atoms with Gasteiger partial charge in [0.05, 0.1) is 15.9 Å². The molecular weight excluding hydrogens is 350 g/mol. The Morgan fingerprint density at radius 3 is 2.88 bits per heavy atom. The van der Waals surface area contributed by atoms with E-state index in [0.717, 1.165) is 44.5 Å². The van der Waals surface area contributed by atoms with Crippen molar-refractivity contribution in [3.8, 4) is 10.6 Å². The molecule has 6 heteroatoms. The highest BCUT2D eigenvalue weighted by Crippen LogP contribution is 2.34. The number of aromatic nitrogens is 1. The first-order chi connectivity index (χ1) is 12.3. The summed E-state index contributed by atoms with van der Waals surface area (Å²) in [6.45, 7) is 0.977. The Hall–Kier alpha value is -1.89. The number of carbonyl (C=O) groups is 1. The molecular formula is C19H19N3OS2. The van der Waals surface area contributed by atoms with Gasteiger partial charge in [-0.2, -0.15) is 11.8 Å². The number of benzene rings is 2. The molecule has 1 atom stereocenters. The van der Waals surface area contributed by atoms with Gasteiger partial charge in [0.1, 0.15) is 5.01 Å². The number of para-hydroxylation sites is 2. The fourth-order valence-electron chi connectivity index (χ4n) is 2.94. The summed E-state index contributed by atoms with van der Waals surface area (Å²) in [5.41, 5.74) is 2.80. The largest absolute Gasteiger partial charge is 0.325 e. The van der Waals surface area contributed by atoms with Crippen LogP contribution in [0, 0.1) is 0 Å². The Labute approximate surface area is 155 Å². The number of nitrogens with zero attached hydrogens (tertiary/aromatic N) is 1. The van der Waals surface area contributed by atoms with Gasteiger partial charge >= 0.3 is 0 Å². The summed E-state index contributed by atoms with van der Waals surface area (Å²) >= 11 is 3.55. The molecule has 0 spiro atoms. The molecule has 1 saturated heterocycles. The molecule has 4 rings (SSSR count). The average Bonchev–Trinajstić information content (AvgIpc) is 3.07. The van der Waals surface area contributed by atoms with Crippen LogP contribution in [-0.2, 0) is 4.79 Å². The summed E-state index contributed by atoms with van der Waals surface area (Å²) < 4.78 is 1.15. The summed E-state index contributed by atoms with van der Waals surface area (Å²) in [7, 11) is 0. The van der Waals surface area contributed by atoms with Gasteiger partial charge in [-0.05, 0) is 24.3 Å². The van der Waals surface area contributed by atoms with E-state index in [1.165, 1.54) is 0 Å². The molecule has 0 saturated carbocycles. The molecule has 0 radical (unpaired) electrons. The van der Waals surface area contributed by atoms with E-state index in [4.69, 9.17) is 4.98 Å². The SMILES string of the molecule is O=C(CC1CSCCN1)Nc1ccccc1-c1nc2ccccc2s1. The quantitative estimate of drug-likeness (QED) is 0.730. The lowest BCUT2D eigenvalue weighted by Crippen LogP contribution is -2.39. The van der Waals surface area contributed by atoms with Crippen LogP contribution < -0.4 is 10.6 Å². The number of hydrogen-bond donors (Lipinski definition) is 2. The number of rotatable bonds is 4. The number of anilines is 1. The molecule has 1 aliphatic rings. The van der Waals surface area contributed by atoms with Gasteiger partial charge in [-0.3, -0.25) is 4.79 Å². The zero-order valence-electron chi connectivity index (χ0n) is 13.7. The Morgan fingerprint density at radius 2 is 2.04 bits per heavy atom. The first kappa shape index (κ1) is 16.6. The number of carbonyl (C=O) groups excluding carboxylic acids is 1. The Morgan fingerprint density at radius 1 is 1.20 bits per heavy atom. The Bertz CT molecular complexity index is 854. The summed E-state index contributed by atoms with van der Waals surface area (Å²) in [6, 6.07) is 16.3. The first-order valence-electron chi connectivity index (χ1n) is 8.35. The number of fused-ring (bicyclic) bond motifs is 1. The Balaban J connectivity index is 1.55. The lowest BCUT2D eigenvalue weighted by molar-refractivity contribution is -0.116. The van der Waals surface area contributed by atoms with Gasteiger partial charge in [-0.1, -0.05) is 24.3 Å². The van der Waals surface area contributed by atoms with Crippen molar-refractivity contribution in [1.29, 1.82) is 0 Å². The third kappa shape index (κ3) is 3.86. The van der Waals surface area contributed by atoms with Crippen molar-refractivity contribution in [1.82, 2.24) is 10.3 Å². The van der Waals surface area contributed by atoms with E-state index < -0.39 is 0 Å². The normalized spacial score (nSPS) is 17.5. The molecule has 4 nitrogen and oxygen atoms in total. The van der Waals surface area contributed by atoms with Crippen LogP contribution in [0.2, 0.25) is 0 Å².